The molecule has 6 heterocycles. The van der Waals surface area contributed by atoms with E-state index in [1.165, 1.54) is 23.8 Å². The van der Waals surface area contributed by atoms with Gasteiger partial charge in [-0.3, -0.25) is 9.69 Å². The van der Waals surface area contributed by atoms with Gasteiger partial charge in [-0.1, -0.05) is 6.07 Å². The predicted molar refractivity (Wildman–Crippen MR) is 163 cm³/mol. The smallest absolute Gasteiger partial charge is 0.254 e. The highest BCUT2D eigenvalue weighted by atomic mass is 16.5. The minimum atomic E-state index is 0.166. The molecule has 1 spiro atoms. The number of likely N-dealkylation sites (tertiary alicyclic amines) is 1. The van der Waals surface area contributed by atoms with E-state index in [2.05, 4.69) is 51.5 Å². The average Bonchev–Trinajstić information content (AvgIpc) is 3.59. The number of benzene rings is 2. The zero-order chi connectivity index (χ0) is 28.1. The number of hydrogen-bond donors (Lipinski definition) is 1. The van der Waals surface area contributed by atoms with E-state index in [0.717, 1.165) is 107 Å². The number of ether oxygens (including phenoxy) is 2. The maximum atomic E-state index is 13.0. The van der Waals surface area contributed by atoms with Crippen molar-refractivity contribution < 1.29 is 14.3 Å². The minimum Gasteiger partial charge on any atom is -0.489 e. The van der Waals surface area contributed by atoms with Crippen LogP contribution in [0.25, 0.3) is 10.9 Å². The second kappa shape index (κ2) is 10.8. The Morgan fingerprint density at radius 1 is 1.05 bits per heavy atom. The van der Waals surface area contributed by atoms with E-state index < -0.39 is 0 Å². The highest BCUT2D eigenvalue weighted by Gasteiger charge is 2.44. The Labute approximate surface area is 248 Å². The lowest BCUT2D eigenvalue weighted by Gasteiger charge is -2.52. The zero-order valence-corrected chi connectivity index (χ0v) is 24.4. The SMILES string of the molecule is O=C1c2ccc(O[C@H]3CCN(Cc4ccc5nc(N6CC7(CCOCC7)C6)ccc5c4)C3)cc2CN1C1CCCNC1. The zero-order valence-electron chi connectivity index (χ0n) is 24.4. The molecule has 4 saturated heterocycles. The summed E-state index contributed by atoms with van der Waals surface area (Å²) in [6, 6.07) is 17.5. The van der Waals surface area contributed by atoms with Gasteiger partial charge in [0, 0.05) is 81.4 Å². The van der Waals surface area contributed by atoms with Crippen molar-refractivity contribution in [1.29, 1.82) is 0 Å². The van der Waals surface area contributed by atoms with Crippen LogP contribution in [0.4, 0.5) is 5.82 Å². The third-order valence-electron chi connectivity index (χ3n) is 10.2. The molecule has 8 rings (SSSR count). The van der Waals surface area contributed by atoms with Crippen LogP contribution in [0.3, 0.4) is 0 Å². The van der Waals surface area contributed by atoms with Gasteiger partial charge < -0.3 is 24.6 Å². The lowest BCUT2D eigenvalue weighted by molar-refractivity contribution is -0.000436. The van der Waals surface area contributed by atoms with Crippen molar-refractivity contribution in [3.8, 4) is 5.75 Å². The molecule has 1 aromatic heterocycles. The van der Waals surface area contributed by atoms with Gasteiger partial charge in [-0.05, 0) is 92.2 Å². The Hall–Kier alpha value is -3.20. The number of nitrogens with one attached hydrogen (secondary N) is 1. The maximum Gasteiger partial charge on any atom is 0.254 e. The van der Waals surface area contributed by atoms with Crippen LogP contribution < -0.4 is 15.0 Å². The van der Waals surface area contributed by atoms with Crippen molar-refractivity contribution in [3.05, 3.63) is 65.2 Å². The van der Waals surface area contributed by atoms with Crippen LogP contribution in [0.5, 0.6) is 5.75 Å². The molecule has 0 radical (unpaired) electrons. The molecule has 42 heavy (non-hydrogen) atoms. The summed E-state index contributed by atoms with van der Waals surface area (Å²) in [5.41, 5.74) is 4.77. The number of pyridine rings is 1. The van der Waals surface area contributed by atoms with Crippen molar-refractivity contribution in [1.82, 2.24) is 20.1 Å². The van der Waals surface area contributed by atoms with Crippen LogP contribution in [0, 0.1) is 5.41 Å². The standard InChI is InChI=1S/C34H41N5O3/c40-33-30-6-5-28(17-26(30)20-39(33)27-2-1-12-35-18-27)42-29-9-13-37(21-29)19-24-3-7-31-25(16-24)4-8-32(36-31)38-22-34(23-38)10-14-41-15-11-34/h3-8,16-17,27,29,35H,1-2,9-15,18-23H2/t27?,29-/m0/s1. The number of piperidine rings is 1. The van der Waals surface area contributed by atoms with E-state index in [4.69, 9.17) is 14.5 Å². The first-order chi connectivity index (χ1) is 20.6. The van der Waals surface area contributed by atoms with Gasteiger partial charge in [-0.25, -0.2) is 4.98 Å². The van der Waals surface area contributed by atoms with Crippen LogP contribution in [-0.4, -0.2) is 85.3 Å². The van der Waals surface area contributed by atoms with Crippen molar-refractivity contribution in [2.24, 2.45) is 5.41 Å². The predicted octanol–water partition coefficient (Wildman–Crippen LogP) is 4.21. The summed E-state index contributed by atoms with van der Waals surface area (Å²) in [4.78, 5) is 25.0. The summed E-state index contributed by atoms with van der Waals surface area (Å²) in [5, 5.41) is 4.64. The van der Waals surface area contributed by atoms with Gasteiger partial charge in [-0.2, -0.15) is 0 Å². The Kier molecular flexibility index (Phi) is 6.81. The molecule has 3 aromatic rings. The molecule has 8 heteroatoms. The number of hydrogen-bond acceptors (Lipinski definition) is 7. The third-order valence-corrected chi connectivity index (χ3v) is 10.2. The van der Waals surface area contributed by atoms with Crippen LogP contribution in [0.2, 0.25) is 0 Å². The Morgan fingerprint density at radius 3 is 2.81 bits per heavy atom. The fraction of sp³-hybridized carbons (Fsp3) is 0.529. The molecule has 0 aliphatic carbocycles. The van der Waals surface area contributed by atoms with E-state index in [-0.39, 0.29) is 12.0 Å². The second-order valence-electron chi connectivity index (χ2n) is 13.2. The molecule has 0 bridgehead atoms. The molecular formula is C34H41N5O3. The fourth-order valence-corrected chi connectivity index (χ4v) is 7.76. The van der Waals surface area contributed by atoms with Crippen molar-refractivity contribution in [2.75, 3.05) is 57.4 Å². The summed E-state index contributed by atoms with van der Waals surface area (Å²) in [6.07, 6.45) is 5.74. The number of fused-ring (bicyclic) bond motifs is 2. The van der Waals surface area contributed by atoms with E-state index in [1.807, 2.05) is 17.0 Å². The highest BCUT2D eigenvalue weighted by molar-refractivity contribution is 5.98. The van der Waals surface area contributed by atoms with Crippen LogP contribution in [0.1, 0.15) is 53.6 Å². The van der Waals surface area contributed by atoms with Crippen LogP contribution >= 0.6 is 0 Å². The average molecular weight is 568 g/mol. The first-order valence-electron chi connectivity index (χ1n) is 15.9. The van der Waals surface area contributed by atoms with E-state index in [9.17, 15) is 4.79 Å². The molecule has 0 saturated carbocycles. The van der Waals surface area contributed by atoms with Gasteiger partial charge in [0.1, 0.15) is 17.7 Å². The van der Waals surface area contributed by atoms with Crippen molar-refractivity contribution in [2.45, 2.75) is 57.3 Å². The summed E-state index contributed by atoms with van der Waals surface area (Å²) >= 11 is 0. The molecule has 8 nitrogen and oxygen atoms in total. The molecule has 2 aromatic carbocycles. The van der Waals surface area contributed by atoms with Gasteiger partial charge in [-0.15, -0.1) is 0 Å². The molecule has 1 amide bonds. The van der Waals surface area contributed by atoms with Gasteiger partial charge >= 0.3 is 0 Å². The summed E-state index contributed by atoms with van der Waals surface area (Å²) in [6.45, 7) is 9.50. The van der Waals surface area contributed by atoms with Crippen LogP contribution in [-0.2, 0) is 17.8 Å². The number of anilines is 1. The quantitative estimate of drug-likeness (QED) is 0.479. The molecular weight excluding hydrogens is 526 g/mol. The molecule has 4 fully saturated rings. The second-order valence-corrected chi connectivity index (χ2v) is 13.2. The van der Waals surface area contributed by atoms with Gasteiger partial charge in [0.15, 0.2) is 0 Å². The third kappa shape index (κ3) is 5.03. The van der Waals surface area contributed by atoms with Crippen LogP contribution in [0.15, 0.2) is 48.5 Å². The topological polar surface area (TPSA) is 70.2 Å². The number of nitrogens with zero attached hydrogens (tertiary/aromatic N) is 4. The monoisotopic (exact) mass is 567 g/mol. The van der Waals surface area contributed by atoms with Gasteiger partial charge in [0.05, 0.1) is 5.52 Å². The Morgan fingerprint density at radius 2 is 1.95 bits per heavy atom. The number of amides is 1. The molecule has 1 N–H and O–H groups in total. The first kappa shape index (κ1) is 26.4. The summed E-state index contributed by atoms with van der Waals surface area (Å²) in [7, 11) is 0. The molecule has 220 valence electrons. The molecule has 1 unspecified atom stereocenters. The van der Waals surface area contributed by atoms with E-state index in [1.54, 1.807) is 0 Å². The lowest BCUT2D eigenvalue weighted by atomic mass is 9.73. The number of rotatable bonds is 6. The normalized spacial score (nSPS) is 25.7. The fourth-order valence-electron chi connectivity index (χ4n) is 7.76. The molecule has 5 aliphatic heterocycles. The largest absolute Gasteiger partial charge is 0.489 e. The Bertz CT molecular complexity index is 1470. The minimum absolute atomic E-state index is 0.166. The van der Waals surface area contributed by atoms with Gasteiger partial charge in [0.2, 0.25) is 0 Å². The summed E-state index contributed by atoms with van der Waals surface area (Å²) < 4.78 is 12.0. The summed E-state index contributed by atoms with van der Waals surface area (Å²) in [5.74, 6) is 2.15. The highest BCUT2D eigenvalue weighted by Crippen LogP contribution is 2.42. The number of carbonyl (C=O) groups excluding carboxylic acids is 1. The number of aromatic nitrogens is 1. The van der Waals surface area contributed by atoms with Gasteiger partial charge in [0.25, 0.3) is 5.91 Å². The Balaban J connectivity index is 0.864. The molecule has 2 atom stereocenters. The van der Waals surface area contributed by atoms with E-state index in [0.29, 0.717) is 18.0 Å². The molecule has 5 aliphatic rings. The van der Waals surface area contributed by atoms with Crippen molar-refractivity contribution >= 4 is 22.6 Å². The van der Waals surface area contributed by atoms with Crippen molar-refractivity contribution in [3.63, 3.8) is 0 Å². The number of carbonyl (C=O) groups is 1. The first-order valence-corrected chi connectivity index (χ1v) is 15.9. The lowest BCUT2D eigenvalue weighted by Crippen LogP contribution is -2.58. The maximum absolute atomic E-state index is 13.0. The van der Waals surface area contributed by atoms with E-state index >= 15 is 0 Å².